The van der Waals surface area contributed by atoms with Crippen LogP contribution in [0.5, 0.6) is 46.0 Å². The number of esters is 2. The summed E-state index contributed by atoms with van der Waals surface area (Å²) in [5.41, 5.74) is -0.0162. The van der Waals surface area contributed by atoms with Crippen molar-refractivity contribution in [3.63, 3.8) is 0 Å². The molecule has 548 valence electrons. The number of carbonyl (C=O) groups is 8. The Kier molecular flexibility index (Phi) is 21.1. The molecule has 4 heterocycles. The maximum Gasteiger partial charge on any atom is 0.307 e. The van der Waals surface area contributed by atoms with E-state index in [1.54, 1.807) is 72.8 Å². The van der Waals surface area contributed by atoms with E-state index in [0.29, 0.717) is 13.2 Å². The number of epoxide rings is 2. The van der Waals surface area contributed by atoms with Gasteiger partial charge in [0.2, 0.25) is 11.8 Å². The Hall–Kier alpha value is -12.5. The van der Waals surface area contributed by atoms with Gasteiger partial charge in [-0.05, 0) is 134 Å². The monoisotopic (exact) mass is 1450 g/mol. The summed E-state index contributed by atoms with van der Waals surface area (Å²) < 4.78 is 49.9. The fourth-order valence-corrected chi connectivity index (χ4v) is 14.2. The minimum absolute atomic E-state index is 0.00177. The summed E-state index contributed by atoms with van der Waals surface area (Å²) in [5, 5.41) is 41.9. The van der Waals surface area contributed by atoms with Crippen molar-refractivity contribution in [2.24, 2.45) is 23.7 Å². The SMILES string of the molecule is CC(C)CC(C(=O)N(CCC(=O)OCC1CO1)CC(C)C)N1C(=O)c2cc(Oc3cccc(C#N)c3)c3c4c(Oc5cccc(C#N)c5)cc5c6c(cc(Oc7cccc(C#N)c7)c(c7c(Oc8cccc(C#N)c8)cc(c2c37)C1=O)c64)C(=O)N(C(CC(C)C)C(=O)N(CCC(=O)OCC1CO1)CC(C)C)C5=O. The zero-order chi connectivity index (χ0) is 76.5. The van der Waals surface area contributed by atoms with Crippen LogP contribution in [0.4, 0.5) is 0 Å². The smallest absolute Gasteiger partial charge is 0.307 e. The Balaban J connectivity index is 1.14. The third-order valence-corrected chi connectivity index (χ3v) is 18.9. The normalized spacial score (nSPS) is 15.5. The second-order valence-corrected chi connectivity index (χ2v) is 29.0. The van der Waals surface area contributed by atoms with Crippen LogP contribution in [0.25, 0.3) is 43.1 Å². The van der Waals surface area contributed by atoms with Crippen molar-refractivity contribution in [1.82, 2.24) is 19.6 Å². The third kappa shape index (κ3) is 15.2. The highest BCUT2D eigenvalue weighted by Crippen LogP contribution is 2.58. The van der Waals surface area contributed by atoms with Gasteiger partial charge in [0.05, 0.1) is 94.8 Å². The molecule has 2 saturated heterocycles. The van der Waals surface area contributed by atoms with E-state index in [4.69, 9.17) is 37.9 Å². The number of imide groups is 2. The molecule has 9 aromatic rings. The van der Waals surface area contributed by atoms with Gasteiger partial charge in [-0.15, -0.1) is 0 Å². The van der Waals surface area contributed by atoms with E-state index in [0.717, 1.165) is 9.80 Å². The number of nitriles is 4. The van der Waals surface area contributed by atoms with E-state index >= 15 is 28.8 Å². The second kappa shape index (κ2) is 30.9. The highest BCUT2D eigenvalue weighted by Gasteiger charge is 2.48. The molecular weight excluding hydrogens is 1380 g/mol. The largest absolute Gasteiger partial charge is 0.463 e. The molecule has 6 amide bonds. The molecule has 4 atom stereocenters. The lowest BCUT2D eigenvalue weighted by atomic mass is 9.80. The van der Waals surface area contributed by atoms with Crippen molar-refractivity contribution in [2.45, 2.75) is 105 Å². The zero-order valence-corrected chi connectivity index (χ0v) is 60.8. The Morgan fingerprint density at radius 1 is 0.417 bits per heavy atom. The molecule has 0 radical (unpaired) electrons. The van der Waals surface area contributed by atoms with Gasteiger partial charge in [-0.1, -0.05) is 79.7 Å². The molecule has 108 heavy (non-hydrogen) atoms. The first-order chi connectivity index (χ1) is 51.9. The predicted molar refractivity (Wildman–Crippen MR) is 394 cm³/mol. The molecule has 4 aliphatic rings. The van der Waals surface area contributed by atoms with Crippen LogP contribution in [0.15, 0.2) is 121 Å². The van der Waals surface area contributed by atoms with E-state index in [1.165, 1.54) is 58.3 Å². The highest BCUT2D eigenvalue weighted by molar-refractivity contribution is 6.45. The van der Waals surface area contributed by atoms with Crippen LogP contribution < -0.4 is 18.9 Å². The first kappa shape index (κ1) is 73.8. The van der Waals surface area contributed by atoms with Crippen molar-refractivity contribution >= 4 is 90.5 Å². The first-order valence-corrected chi connectivity index (χ1v) is 35.9. The van der Waals surface area contributed by atoms with E-state index in [1.807, 2.05) is 55.4 Å². The molecule has 0 N–H and O–H groups in total. The van der Waals surface area contributed by atoms with E-state index < -0.39 is 59.5 Å². The highest BCUT2D eigenvalue weighted by atomic mass is 16.6. The van der Waals surface area contributed by atoms with E-state index in [-0.39, 0.29) is 235 Å². The van der Waals surface area contributed by atoms with Crippen LogP contribution in [-0.2, 0) is 38.1 Å². The topological polar surface area (TPSA) is 325 Å². The molecule has 9 aromatic carbocycles. The van der Waals surface area contributed by atoms with E-state index in [9.17, 15) is 30.6 Å². The Bertz CT molecular complexity index is 4780. The zero-order valence-electron chi connectivity index (χ0n) is 60.8. The minimum Gasteiger partial charge on any atom is -0.463 e. The predicted octanol–water partition coefficient (Wildman–Crippen LogP) is 14.0. The molecule has 2 fully saturated rings. The molecule has 4 aliphatic heterocycles. The number of hydrogen-bond acceptors (Lipinski definition) is 20. The maximum absolute atomic E-state index is 16.5. The van der Waals surface area contributed by atoms with Gasteiger partial charge in [0.1, 0.15) is 83.5 Å². The molecule has 13 rings (SSSR count). The number of amides is 6. The Morgan fingerprint density at radius 3 is 0.935 bits per heavy atom. The van der Waals surface area contributed by atoms with Crippen LogP contribution in [0.3, 0.4) is 0 Å². The molecule has 24 heteroatoms. The molecule has 0 aliphatic carbocycles. The molecule has 0 aromatic heterocycles. The lowest BCUT2D eigenvalue weighted by Crippen LogP contribution is -2.55. The van der Waals surface area contributed by atoms with Crippen molar-refractivity contribution in [1.29, 1.82) is 21.0 Å². The number of nitrogens with zero attached hydrogens (tertiary/aromatic N) is 8. The quantitative estimate of drug-likeness (QED) is 0.0133. The third-order valence-electron chi connectivity index (χ3n) is 18.9. The van der Waals surface area contributed by atoms with Crippen molar-refractivity contribution in [2.75, 3.05) is 52.6 Å². The molecule has 4 unspecified atom stereocenters. The number of benzene rings is 9. The Labute approximate surface area is 622 Å². The van der Waals surface area contributed by atoms with Crippen molar-refractivity contribution in [3.8, 4) is 70.3 Å². The Morgan fingerprint density at radius 2 is 0.694 bits per heavy atom. The molecular formula is C84H76N8O16. The number of ether oxygens (including phenoxy) is 8. The van der Waals surface area contributed by atoms with Gasteiger partial charge in [0.25, 0.3) is 23.6 Å². The van der Waals surface area contributed by atoms with E-state index in [2.05, 4.69) is 24.3 Å². The van der Waals surface area contributed by atoms with Crippen LogP contribution in [0, 0.1) is 69.0 Å². The fourth-order valence-electron chi connectivity index (χ4n) is 14.2. The summed E-state index contributed by atoms with van der Waals surface area (Å²) in [4.78, 5) is 129. The number of carbonyl (C=O) groups excluding carboxylic acids is 8. The molecule has 0 spiro atoms. The van der Waals surface area contributed by atoms with Crippen LogP contribution in [0.1, 0.15) is 145 Å². The summed E-state index contributed by atoms with van der Waals surface area (Å²) in [5.74, 6) is -7.51. The van der Waals surface area contributed by atoms with Gasteiger partial charge in [0, 0.05) is 69.3 Å². The fraction of sp³-hybridized carbons (Fsp3) is 0.333. The number of fused-ring (bicyclic) bond motifs is 2. The number of hydrogen-bond donors (Lipinski definition) is 0. The molecule has 24 nitrogen and oxygen atoms in total. The van der Waals surface area contributed by atoms with Gasteiger partial charge in [-0.25, -0.2) is 0 Å². The average Bonchev–Trinajstić information content (AvgIpc) is 0.714. The molecule has 0 saturated carbocycles. The van der Waals surface area contributed by atoms with Crippen LogP contribution >= 0.6 is 0 Å². The summed E-state index contributed by atoms with van der Waals surface area (Å²) in [6.45, 7) is 15.9. The maximum atomic E-state index is 16.5. The van der Waals surface area contributed by atoms with Crippen LogP contribution in [-0.4, -0.2) is 144 Å². The minimum atomic E-state index is -1.51. The summed E-state index contributed by atoms with van der Waals surface area (Å²) in [6.07, 6.45) is -0.963. The lowest BCUT2D eigenvalue weighted by Gasteiger charge is -2.38. The van der Waals surface area contributed by atoms with Gasteiger partial charge < -0.3 is 47.7 Å². The summed E-state index contributed by atoms with van der Waals surface area (Å²) >= 11 is 0. The van der Waals surface area contributed by atoms with Crippen LogP contribution in [0.2, 0.25) is 0 Å². The summed E-state index contributed by atoms with van der Waals surface area (Å²) in [6, 6.07) is 35.9. The van der Waals surface area contributed by atoms with Gasteiger partial charge in [-0.3, -0.25) is 48.2 Å². The number of rotatable bonds is 30. The lowest BCUT2D eigenvalue weighted by molar-refractivity contribution is -0.147. The standard InChI is InChI=1S/C84H76N8O16/c1-45(2)25-63(83(99)89(39-47(5)6)23-21-69(93)103-43-57-41-101-57)91-79(95)59-31-65(105-53-17-9-13-49(27-53)35-85)73-75-67(107-55-19-11-15-51(29-55)37-87)33-61-72-62(82(98)92(81(61)97)64(26-46(3)4)84(100)90(40-48(7)8)24-22-70(94)104-44-58-42-102-58)34-68(108-56-20-12-16-52(30-56)38-88)76(78(72)75)74-66(32-60(80(91)96)71(59)77(73)74)106-54-18-10-14-50(28-54)36-86/h9-20,27-34,45-48,57-58,63-64H,21-26,39-44H2,1-8H3. The molecule has 0 bridgehead atoms. The first-order valence-electron chi connectivity index (χ1n) is 35.9. The van der Waals surface area contributed by atoms with Gasteiger partial charge >= 0.3 is 11.9 Å². The average molecular weight is 1450 g/mol. The summed E-state index contributed by atoms with van der Waals surface area (Å²) in [7, 11) is 0. The van der Waals surface area contributed by atoms with Gasteiger partial charge in [0.15, 0.2) is 0 Å². The van der Waals surface area contributed by atoms with Crippen molar-refractivity contribution < 1.29 is 76.3 Å². The van der Waals surface area contributed by atoms with Crippen molar-refractivity contribution in [3.05, 3.63) is 166 Å². The van der Waals surface area contributed by atoms with Gasteiger partial charge in [-0.2, -0.15) is 21.0 Å². The second-order valence-electron chi connectivity index (χ2n) is 29.0.